The molecular weight excluding hydrogens is 448 g/mol. The van der Waals surface area contributed by atoms with Gasteiger partial charge in [0.05, 0.1) is 37.8 Å². The summed E-state index contributed by atoms with van der Waals surface area (Å²) in [5, 5.41) is 7.45. The molecule has 0 spiro atoms. The average Bonchev–Trinajstić information content (AvgIpc) is 3.26. The monoisotopic (exact) mass is 470 g/mol. The molecule has 3 aromatic rings. The van der Waals surface area contributed by atoms with Gasteiger partial charge in [0.25, 0.3) is 5.91 Å². The van der Waals surface area contributed by atoms with E-state index in [9.17, 15) is 4.79 Å². The minimum Gasteiger partial charge on any atom is -0.496 e. The van der Waals surface area contributed by atoms with E-state index in [0.717, 1.165) is 27.7 Å². The molecule has 0 aliphatic carbocycles. The predicted molar refractivity (Wildman–Crippen MR) is 117 cm³/mol. The van der Waals surface area contributed by atoms with Gasteiger partial charge in [0, 0.05) is 21.7 Å². The van der Waals surface area contributed by atoms with Crippen LogP contribution in [0.15, 0.2) is 41.0 Å². The summed E-state index contributed by atoms with van der Waals surface area (Å²) in [4.78, 5) is 19.5. The van der Waals surface area contributed by atoms with Crippen LogP contribution in [0.2, 0.25) is 0 Å². The van der Waals surface area contributed by atoms with Gasteiger partial charge in [0.2, 0.25) is 5.88 Å². The fourth-order valence-electron chi connectivity index (χ4n) is 3.86. The van der Waals surface area contributed by atoms with Crippen molar-refractivity contribution in [1.29, 1.82) is 0 Å². The van der Waals surface area contributed by atoms with E-state index in [1.54, 1.807) is 31.4 Å². The van der Waals surface area contributed by atoms with Crippen molar-refractivity contribution in [2.45, 2.75) is 26.3 Å². The lowest BCUT2D eigenvalue weighted by molar-refractivity contribution is 0.0988. The predicted octanol–water partition coefficient (Wildman–Crippen LogP) is 4.53. The van der Waals surface area contributed by atoms with Crippen molar-refractivity contribution >= 4 is 27.5 Å². The maximum atomic E-state index is 13.4. The van der Waals surface area contributed by atoms with E-state index in [1.807, 2.05) is 24.3 Å². The average molecular weight is 471 g/mol. The minimum atomic E-state index is -0.377. The molecule has 8 heteroatoms. The second kappa shape index (κ2) is 8.10. The van der Waals surface area contributed by atoms with Crippen LogP contribution < -0.4 is 14.4 Å². The zero-order valence-electron chi connectivity index (χ0n) is 17.3. The van der Waals surface area contributed by atoms with Gasteiger partial charge in [0.1, 0.15) is 11.4 Å². The molecule has 4 rings (SSSR count). The molecule has 0 saturated heterocycles. The van der Waals surface area contributed by atoms with Crippen molar-refractivity contribution in [2.75, 3.05) is 19.1 Å². The number of nitrogens with zero attached hydrogens (tertiary/aromatic N) is 3. The number of benzene rings is 1. The number of aromatic amines is 1. The first-order valence-electron chi connectivity index (χ1n) is 9.68. The van der Waals surface area contributed by atoms with Gasteiger partial charge in [-0.15, -0.1) is 0 Å². The molecule has 1 aliphatic heterocycles. The van der Waals surface area contributed by atoms with Gasteiger partial charge >= 0.3 is 0 Å². The van der Waals surface area contributed by atoms with E-state index < -0.39 is 0 Å². The number of hydrogen-bond acceptors (Lipinski definition) is 5. The Labute approximate surface area is 183 Å². The number of halogens is 1. The van der Waals surface area contributed by atoms with E-state index in [4.69, 9.17) is 9.47 Å². The van der Waals surface area contributed by atoms with Crippen LogP contribution in [0.3, 0.4) is 0 Å². The number of amides is 1. The number of nitrogens with one attached hydrogen (secondary N) is 1. The highest BCUT2D eigenvalue weighted by Crippen LogP contribution is 2.46. The summed E-state index contributed by atoms with van der Waals surface area (Å²) >= 11 is 3.50. The first-order chi connectivity index (χ1) is 14.4. The van der Waals surface area contributed by atoms with Crippen LogP contribution in [-0.2, 0) is 6.42 Å². The normalized spacial score (nSPS) is 15.6. The van der Waals surface area contributed by atoms with E-state index in [2.05, 4.69) is 45.0 Å². The first-order valence-corrected chi connectivity index (χ1v) is 10.5. The Kier molecular flexibility index (Phi) is 5.51. The topological polar surface area (TPSA) is 80.3 Å². The quantitative estimate of drug-likeness (QED) is 0.572. The van der Waals surface area contributed by atoms with E-state index in [1.165, 1.54) is 0 Å². The Morgan fingerprint density at radius 2 is 2.00 bits per heavy atom. The molecule has 1 unspecified atom stereocenters. The third-order valence-electron chi connectivity index (χ3n) is 5.15. The number of H-pyrrole nitrogens is 1. The summed E-state index contributed by atoms with van der Waals surface area (Å²) < 4.78 is 11.7. The number of anilines is 1. The summed E-state index contributed by atoms with van der Waals surface area (Å²) in [6, 6.07) is 9.05. The van der Waals surface area contributed by atoms with Crippen molar-refractivity contribution < 1.29 is 14.3 Å². The van der Waals surface area contributed by atoms with E-state index >= 15 is 0 Å². The number of rotatable bonds is 6. The molecule has 1 N–H and O–H groups in total. The van der Waals surface area contributed by atoms with E-state index in [-0.39, 0.29) is 11.9 Å². The number of pyridine rings is 1. The van der Waals surface area contributed by atoms with Crippen LogP contribution in [0.25, 0.3) is 0 Å². The first kappa shape index (κ1) is 20.4. The molecule has 1 atom stereocenters. The smallest absolute Gasteiger partial charge is 0.277 e. The number of methoxy groups -OCH3 is 2. The van der Waals surface area contributed by atoms with Gasteiger partial charge in [-0.2, -0.15) is 5.10 Å². The highest BCUT2D eigenvalue weighted by molar-refractivity contribution is 9.10. The highest BCUT2D eigenvalue weighted by Gasteiger charge is 2.44. The van der Waals surface area contributed by atoms with Gasteiger partial charge in [-0.25, -0.2) is 4.98 Å². The maximum Gasteiger partial charge on any atom is 0.277 e. The molecule has 156 valence electrons. The fourth-order valence-corrected chi connectivity index (χ4v) is 4.20. The lowest BCUT2D eigenvalue weighted by atomic mass is 9.94. The van der Waals surface area contributed by atoms with Crippen molar-refractivity contribution in [2.24, 2.45) is 5.92 Å². The minimum absolute atomic E-state index is 0.144. The lowest BCUT2D eigenvalue weighted by Gasteiger charge is -2.27. The fraction of sp³-hybridized carbons (Fsp3) is 0.318. The standard InChI is InChI=1S/C22H23BrN4O3/c1-12(2)9-16-19-20(26-25-16)22(28)27(14-6-8-18(30-4)24-11-14)21(19)15-7-5-13(23)10-17(15)29-3/h5-8,10-12,21H,9H2,1-4H3,(H,25,26). The largest absolute Gasteiger partial charge is 0.496 e. The van der Waals surface area contributed by atoms with Gasteiger partial charge in [-0.1, -0.05) is 35.8 Å². The molecule has 0 radical (unpaired) electrons. The molecule has 7 nitrogen and oxygen atoms in total. The molecule has 0 saturated carbocycles. The number of carbonyl (C=O) groups is 1. The Morgan fingerprint density at radius 3 is 2.63 bits per heavy atom. The molecule has 0 bridgehead atoms. The Hall–Kier alpha value is -2.87. The summed E-state index contributed by atoms with van der Waals surface area (Å²) in [6.45, 7) is 4.27. The van der Waals surface area contributed by atoms with Gasteiger partial charge < -0.3 is 9.47 Å². The van der Waals surface area contributed by atoms with Crippen LogP contribution in [0.4, 0.5) is 5.69 Å². The molecule has 1 amide bonds. The summed E-state index contributed by atoms with van der Waals surface area (Å²) in [5.41, 5.74) is 3.86. The Bertz CT molecular complexity index is 1080. The third kappa shape index (κ3) is 3.45. The SMILES string of the molecule is COc1ccc(N2C(=O)c3[nH]nc(CC(C)C)c3C2c2ccc(Br)cc2OC)cn1. The molecule has 1 aromatic carbocycles. The van der Waals surface area contributed by atoms with Crippen molar-refractivity contribution in [3.05, 3.63) is 63.5 Å². The zero-order valence-corrected chi connectivity index (χ0v) is 18.9. The molecule has 2 aromatic heterocycles. The number of aromatic nitrogens is 3. The Balaban J connectivity index is 1.91. The third-order valence-corrected chi connectivity index (χ3v) is 5.64. The van der Waals surface area contributed by atoms with Crippen LogP contribution in [0.1, 0.15) is 47.2 Å². The van der Waals surface area contributed by atoms with Crippen LogP contribution in [0.5, 0.6) is 11.6 Å². The number of ether oxygens (including phenoxy) is 2. The maximum absolute atomic E-state index is 13.4. The van der Waals surface area contributed by atoms with Gasteiger partial charge in [0.15, 0.2) is 0 Å². The van der Waals surface area contributed by atoms with Gasteiger partial charge in [-0.3, -0.25) is 14.8 Å². The Morgan fingerprint density at radius 1 is 1.20 bits per heavy atom. The number of hydrogen-bond donors (Lipinski definition) is 1. The molecular formula is C22H23BrN4O3. The van der Waals surface area contributed by atoms with E-state index in [0.29, 0.717) is 28.9 Å². The number of fused-ring (bicyclic) bond motifs is 1. The highest BCUT2D eigenvalue weighted by atomic mass is 79.9. The molecule has 30 heavy (non-hydrogen) atoms. The second-order valence-electron chi connectivity index (χ2n) is 7.58. The van der Waals surface area contributed by atoms with Crippen LogP contribution in [0, 0.1) is 5.92 Å². The summed E-state index contributed by atoms with van der Waals surface area (Å²) in [6.07, 6.45) is 2.42. The number of carbonyl (C=O) groups excluding carboxylic acids is 1. The van der Waals surface area contributed by atoms with Crippen LogP contribution in [-0.4, -0.2) is 35.3 Å². The van der Waals surface area contributed by atoms with Crippen molar-refractivity contribution in [3.8, 4) is 11.6 Å². The van der Waals surface area contributed by atoms with Crippen molar-refractivity contribution in [3.63, 3.8) is 0 Å². The molecule has 1 aliphatic rings. The van der Waals surface area contributed by atoms with Gasteiger partial charge in [-0.05, 0) is 30.5 Å². The van der Waals surface area contributed by atoms with Crippen LogP contribution >= 0.6 is 15.9 Å². The molecule has 3 heterocycles. The summed E-state index contributed by atoms with van der Waals surface area (Å²) in [5.74, 6) is 1.44. The summed E-state index contributed by atoms with van der Waals surface area (Å²) in [7, 11) is 3.19. The second-order valence-corrected chi connectivity index (χ2v) is 8.50. The zero-order chi connectivity index (χ0) is 21.4. The van der Waals surface area contributed by atoms with Crippen molar-refractivity contribution in [1.82, 2.24) is 15.2 Å². The lowest BCUT2D eigenvalue weighted by Crippen LogP contribution is -2.30. The molecule has 0 fully saturated rings.